The fraction of sp³-hybridized carbons (Fsp3) is 0.370. The van der Waals surface area contributed by atoms with Crippen LogP contribution in [0.15, 0.2) is 52.5 Å². The number of hydrogen-bond acceptors (Lipinski definition) is 8. The number of nitrogens with one attached hydrogen (secondary N) is 2. The quantitative estimate of drug-likeness (QED) is 0.222. The first-order valence-electron chi connectivity index (χ1n) is 12.5. The van der Waals surface area contributed by atoms with E-state index in [9.17, 15) is 8.42 Å². The third-order valence-corrected chi connectivity index (χ3v) is 9.49. The Balaban J connectivity index is 1.67. The van der Waals surface area contributed by atoms with Gasteiger partial charge in [0, 0.05) is 5.41 Å². The van der Waals surface area contributed by atoms with Gasteiger partial charge in [-0.1, -0.05) is 37.6 Å². The van der Waals surface area contributed by atoms with Gasteiger partial charge < -0.3 is 26.8 Å². The minimum absolute atomic E-state index is 0.0471. The molecule has 12 heteroatoms. The number of aliphatic imine (C=N–C) groups is 1. The zero-order valence-corrected chi connectivity index (χ0v) is 24.2. The Bertz CT molecular complexity index is 1520. The molecular formula is C27H34ClN7O3S. The van der Waals surface area contributed by atoms with Crippen LogP contribution < -0.4 is 26.8 Å². The SMILES string of the molecule is COc1cc2c(cc1Nc1ncc(Cl)c(Nc3ccccc3S(=O)(=O)C(C)C)n1)CCC(N=C(N)N)C2(C)C. The molecular weight excluding hydrogens is 538 g/mol. The van der Waals surface area contributed by atoms with Crippen molar-refractivity contribution in [2.24, 2.45) is 16.5 Å². The largest absolute Gasteiger partial charge is 0.495 e. The summed E-state index contributed by atoms with van der Waals surface area (Å²) in [6.45, 7) is 7.51. The average molecular weight is 572 g/mol. The molecule has 0 aliphatic heterocycles. The molecule has 6 N–H and O–H groups in total. The van der Waals surface area contributed by atoms with Crippen LogP contribution in [0.25, 0.3) is 0 Å². The van der Waals surface area contributed by atoms with Gasteiger partial charge >= 0.3 is 0 Å². The molecule has 1 atom stereocenters. The number of aromatic nitrogens is 2. The molecule has 1 aliphatic carbocycles. The molecule has 0 radical (unpaired) electrons. The molecule has 208 valence electrons. The number of ether oxygens (including phenoxy) is 1. The molecule has 0 fully saturated rings. The Hall–Kier alpha value is -3.57. The fourth-order valence-corrected chi connectivity index (χ4v) is 6.11. The Kier molecular flexibility index (Phi) is 7.94. The van der Waals surface area contributed by atoms with Crippen molar-refractivity contribution >= 4 is 50.5 Å². The summed E-state index contributed by atoms with van der Waals surface area (Å²) < 4.78 is 31.5. The lowest BCUT2D eigenvalue weighted by atomic mass is 9.69. The number of guanidine groups is 1. The number of nitrogens with zero attached hydrogens (tertiary/aromatic N) is 3. The van der Waals surface area contributed by atoms with Crippen LogP contribution in [-0.4, -0.2) is 42.7 Å². The second-order valence-corrected chi connectivity index (χ2v) is 13.1. The number of halogens is 1. The van der Waals surface area contributed by atoms with Crippen molar-refractivity contribution in [2.75, 3.05) is 17.7 Å². The molecule has 1 heterocycles. The highest BCUT2D eigenvalue weighted by Gasteiger charge is 2.37. The summed E-state index contributed by atoms with van der Waals surface area (Å²) in [5.74, 6) is 1.21. The van der Waals surface area contributed by atoms with Crippen molar-refractivity contribution in [1.29, 1.82) is 0 Å². The van der Waals surface area contributed by atoms with E-state index in [1.54, 1.807) is 45.2 Å². The van der Waals surface area contributed by atoms with E-state index in [0.717, 1.165) is 24.0 Å². The van der Waals surface area contributed by atoms with Crippen LogP contribution in [0.3, 0.4) is 0 Å². The number of sulfone groups is 1. The van der Waals surface area contributed by atoms with Gasteiger partial charge in [-0.05, 0) is 62.1 Å². The molecule has 0 saturated heterocycles. The van der Waals surface area contributed by atoms with Crippen molar-refractivity contribution in [3.8, 4) is 5.75 Å². The Labute approximate surface area is 234 Å². The van der Waals surface area contributed by atoms with Gasteiger partial charge in [-0.3, -0.25) is 0 Å². The first-order valence-corrected chi connectivity index (χ1v) is 14.5. The van der Waals surface area contributed by atoms with Crippen LogP contribution in [0.5, 0.6) is 5.75 Å². The molecule has 39 heavy (non-hydrogen) atoms. The van der Waals surface area contributed by atoms with Gasteiger partial charge in [-0.2, -0.15) is 4.98 Å². The van der Waals surface area contributed by atoms with E-state index in [0.29, 0.717) is 17.1 Å². The van der Waals surface area contributed by atoms with Crippen LogP contribution in [0.2, 0.25) is 5.02 Å². The maximum Gasteiger partial charge on any atom is 0.229 e. The molecule has 1 unspecified atom stereocenters. The van der Waals surface area contributed by atoms with Gasteiger partial charge in [0.1, 0.15) is 10.8 Å². The van der Waals surface area contributed by atoms with Crippen molar-refractivity contribution < 1.29 is 13.2 Å². The third-order valence-electron chi connectivity index (χ3n) is 7.00. The molecule has 0 saturated carbocycles. The van der Waals surface area contributed by atoms with Gasteiger partial charge in [0.25, 0.3) is 0 Å². The number of methoxy groups -OCH3 is 1. The van der Waals surface area contributed by atoms with Crippen molar-refractivity contribution in [1.82, 2.24) is 9.97 Å². The predicted octanol–water partition coefficient (Wildman–Crippen LogP) is 4.67. The zero-order valence-electron chi connectivity index (χ0n) is 22.6. The van der Waals surface area contributed by atoms with Crippen LogP contribution >= 0.6 is 11.6 Å². The molecule has 10 nitrogen and oxygen atoms in total. The van der Waals surface area contributed by atoms with Gasteiger partial charge in [0.15, 0.2) is 21.6 Å². The molecule has 4 rings (SSSR count). The second-order valence-electron chi connectivity index (χ2n) is 10.3. The van der Waals surface area contributed by atoms with E-state index in [1.165, 1.54) is 6.20 Å². The lowest BCUT2D eigenvalue weighted by molar-refractivity contribution is 0.361. The maximum absolute atomic E-state index is 12.9. The number of benzene rings is 2. The van der Waals surface area contributed by atoms with Crippen LogP contribution in [0.1, 0.15) is 45.2 Å². The second kappa shape index (κ2) is 10.9. The summed E-state index contributed by atoms with van der Waals surface area (Å²) in [5, 5.41) is 5.95. The molecule has 2 aromatic carbocycles. The number of para-hydroxylation sites is 1. The normalized spacial score (nSPS) is 16.3. The Morgan fingerprint density at radius 1 is 1.18 bits per heavy atom. The highest BCUT2D eigenvalue weighted by atomic mass is 35.5. The Morgan fingerprint density at radius 2 is 1.90 bits per heavy atom. The summed E-state index contributed by atoms with van der Waals surface area (Å²) in [5.41, 5.74) is 14.4. The number of anilines is 4. The Morgan fingerprint density at radius 3 is 2.56 bits per heavy atom. The minimum Gasteiger partial charge on any atom is -0.495 e. The number of hydrogen-bond donors (Lipinski definition) is 4. The summed E-state index contributed by atoms with van der Waals surface area (Å²) in [6, 6.07) is 10.6. The number of nitrogens with two attached hydrogens (primary N) is 2. The molecule has 1 aliphatic rings. The van der Waals surface area contributed by atoms with E-state index in [-0.39, 0.29) is 39.1 Å². The fourth-order valence-electron chi connectivity index (χ4n) is 4.77. The minimum atomic E-state index is -3.54. The first-order chi connectivity index (χ1) is 18.3. The molecule has 3 aromatic rings. The molecule has 0 bridgehead atoms. The number of aryl methyl sites for hydroxylation is 1. The van der Waals surface area contributed by atoms with Gasteiger partial charge in [0.2, 0.25) is 5.95 Å². The summed E-state index contributed by atoms with van der Waals surface area (Å²) >= 11 is 6.39. The average Bonchev–Trinajstić information content (AvgIpc) is 2.87. The lowest BCUT2D eigenvalue weighted by Gasteiger charge is -2.38. The summed E-state index contributed by atoms with van der Waals surface area (Å²) in [7, 11) is -1.95. The third kappa shape index (κ3) is 5.74. The lowest BCUT2D eigenvalue weighted by Crippen LogP contribution is -2.40. The highest BCUT2D eigenvalue weighted by molar-refractivity contribution is 7.92. The monoisotopic (exact) mass is 571 g/mol. The number of rotatable bonds is 8. The zero-order chi connectivity index (χ0) is 28.5. The van der Waals surface area contributed by atoms with Gasteiger partial charge in [-0.25, -0.2) is 18.4 Å². The maximum atomic E-state index is 12.9. The van der Waals surface area contributed by atoms with E-state index in [4.69, 9.17) is 27.8 Å². The predicted molar refractivity (Wildman–Crippen MR) is 156 cm³/mol. The number of fused-ring (bicyclic) bond motifs is 1. The molecule has 0 amide bonds. The van der Waals surface area contributed by atoms with Crippen LogP contribution in [0, 0.1) is 0 Å². The molecule has 0 spiro atoms. The summed E-state index contributed by atoms with van der Waals surface area (Å²) in [6.07, 6.45) is 3.04. The topological polar surface area (TPSA) is 158 Å². The van der Waals surface area contributed by atoms with E-state index in [2.05, 4.69) is 39.4 Å². The van der Waals surface area contributed by atoms with Crippen molar-refractivity contribution in [3.63, 3.8) is 0 Å². The van der Waals surface area contributed by atoms with Crippen molar-refractivity contribution in [2.45, 2.75) is 62.1 Å². The van der Waals surface area contributed by atoms with E-state index < -0.39 is 15.1 Å². The van der Waals surface area contributed by atoms with Gasteiger partial charge in [-0.15, -0.1) is 0 Å². The van der Waals surface area contributed by atoms with Crippen LogP contribution in [0.4, 0.5) is 23.1 Å². The van der Waals surface area contributed by atoms with Crippen molar-refractivity contribution in [3.05, 3.63) is 58.7 Å². The van der Waals surface area contributed by atoms with Gasteiger partial charge in [0.05, 0.1) is 40.9 Å². The van der Waals surface area contributed by atoms with E-state index >= 15 is 0 Å². The highest BCUT2D eigenvalue weighted by Crippen LogP contribution is 2.43. The van der Waals surface area contributed by atoms with E-state index in [1.807, 2.05) is 12.1 Å². The van der Waals surface area contributed by atoms with Crippen LogP contribution in [-0.2, 0) is 21.7 Å². The standard InChI is InChI=1S/C27H34ClN7O3S/c1-15(2)39(36,37)22-9-7-6-8-19(22)32-24-18(28)14-31-26(35-24)33-20-12-16-10-11-23(34-25(29)30)27(3,4)17(16)13-21(20)38-5/h6-9,12-15,23H,10-11H2,1-5H3,(H4,29,30,34)(H2,31,32,33,35). The smallest absolute Gasteiger partial charge is 0.229 e. The summed E-state index contributed by atoms with van der Waals surface area (Å²) in [4.78, 5) is 13.5. The molecule has 1 aromatic heterocycles. The first kappa shape index (κ1) is 28.4.